The normalized spacial score (nSPS) is 19.5. The van der Waals surface area contributed by atoms with Crippen molar-refractivity contribution in [2.24, 2.45) is 0 Å². The zero-order chi connectivity index (χ0) is 16.9. The van der Waals surface area contributed by atoms with Crippen LogP contribution in [0.5, 0.6) is 5.75 Å². The lowest BCUT2D eigenvalue weighted by Crippen LogP contribution is -2.32. The molecule has 3 heteroatoms. The van der Waals surface area contributed by atoms with Crippen LogP contribution in [0.4, 0.5) is 5.69 Å². The molecule has 0 aromatic heterocycles. The van der Waals surface area contributed by atoms with Gasteiger partial charge >= 0.3 is 0 Å². The molecule has 0 radical (unpaired) electrons. The number of carbonyl (C=O) groups excluding carboxylic acids is 1. The zero-order valence-corrected chi connectivity index (χ0v) is 14.3. The fourth-order valence-electron chi connectivity index (χ4n) is 3.51. The molecule has 2 aliphatic rings. The maximum atomic E-state index is 12.4. The van der Waals surface area contributed by atoms with Crippen LogP contribution in [-0.4, -0.2) is 11.5 Å². The fourth-order valence-corrected chi connectivity index (χ4v) is 3.51. The predicted molar refractivity (Wildman–Crippen MR) is 97.1 cm³/mol. The van der Waals surface area contributed by atoms with Gasteiger partial charge in [0.25, 0.3) is 5.91 Å². The van der Waals surface area contributed by atoms with Gasteiger partial charge < -0.3 is 10.1 Å². The van der Waals surface area contributed by atoms with Crippen molar-refractivity contribution < 1.29 is 9.53 Å². The summed E-state index contributed by atoms with van der Waals surface area (Å²) in [6.45, 7) is 6.28. The molecule has 0 spiro atoms. The molecule has 3 nitrogen and oxygen atoms in total. The fraction of sp³-hybridized carbons (Fsp3) is 0.286. The quantitative estimate of drug-likeness (QED) is 0.781. The van der Waals surface area contributed by atoms with E-state index in [1.54, 1.807) is 0 Å². The van der Waals surface area contributed by atoms with Gasteiger partial charge in [0.2, 0.25) is 0 Å². The summed E-state index contributed by atoms with van der Waals surface area (Å²) in [5.41, 5.74) is 5.91. The second-order valence-electron chi connectivity index (χ2n) is 7.24. The largest absolute Gasteiger partial charge is 0.488 e. The first kappa shape index (κ1) is 15.0. The minimum atomic E-state index is -0.103. The molecule has 2 heterocycles. The number of ether oxygens (including phenoxy) is 1. The summed E-state index contributed by atoms with van der Waals surface area (Å²) < 4.78 is 6.04. The molecule has 0 unspecified atom stereocenters. The van der Waals surface area contributed by atoms with Crippen molar-refractivity contribution >= 4 is 23.2 Å². The van der Waals surface area contributed by atoms with E-state index in [1.807, 2.05) is 43.3 Å². The summed E-state index contributed by atoms with van der Waals surface area (Å²) in [6, 6.07) is 12.1. The first-order chi connectivity index (χ1) is 11.4. The van der Waals surface area contributed by atoms with E-state index in [4.69, 9.17) is 4.74 Å². The van der Waals surface area contributed by atoms with Gasteiger partial charge in [0, 0.05) is 16.8 Å². The van der Waals surface area contributed by atoms with Crippen LogP contribution in [0.25, 0.3) is 11.6 Å². The molecule has 0 aliphatic carbocycles. The van der Waals surface area contributed by atoms with E-state index in [-0.39, 0.29) is 11.5 Å². The number of fused-ring (bicyclic) bond motifs is 2. The number of carbonyl (C=O) groups is 1. The highest BCUT2D eigenvalue weighted by Crippen LogP contribution is 2.37. The summed E-state index contributed by atoms with van der Waals surface area (Å²) in [6.07, 6.45) is 3.98. The number of amides is 1. The highest BCUT2D eigenvalue weighted by Gasteiger charge is 2.27. The standard InChI is InChI=1S/C21H21NO2/c1-13-5-4-6-17-19(13)16(20(23)22-17)12-14-7-8-18-15(11-14)9-10-21(2,3)24-18/h4-8,11-12H,9-10H2,1-3H3,(H,22,23)/b16-12-. The van der Waals surface area contributed by atoms with Gasteiger partial charge in [-0.3, -0.25) is 4.79 Å². The van der Waals surface area contributed by atoms with Gasteiger partial charge in [-0.2, -0.15) is 0 Å². The Kier molecular flexibility index (Phi) is 3.27. The average Bonchev–Trinajstić information content (AvgIpc) is 2.84. The molecule has 0 saturated carbocycles. The van der Waals surface area contributed by atoms with E-state index in [0.29, 0.717) is 0 Å². The molecule has 0 atom stereocenters. The number of aryl methyl sites for hydroxylation is 2. The van der Waals surface area contributed by atoms with Gasteiger partial charge in [0.05, 0.1) is 0 Å². The smallest absolute Gasteiger partial charge is 0.256 e. The average molecular weight is 319 g/mol. The third-order valence-electron chi connectivity index (χ3n) is 4.81. The van der Waals surface area contributed by atoms with Crippen molar-refractivity contribution in [2.75, 3.05) is 5.32 Å². The van der Waals surface area contributed by atoms with Gasteiger partial charge in [-0.25, -0.2) is 0 Å². The minimum Gasteiger partial charge on any atom is -0.488 e. The van der Waals surface area contributed by atoms with Crippen LogP contribution >= 0.6 is 0 Å². The lowest BCUT2D eigenvalue weighted by atomic mass is 9.92. The molecular weight excluding hydrogens is 298 g/mol. The van der Waals surface area contributed by atoms with Crippen LogP contribution in [0.15, 0.2) is 36.4 Å². The molecule has 1 N–H and O–H groups in total. The van der Waals surface area contributed by atoms with Crippen LogP contribution in [0.2, 0.25) is 0 Å². The Morgan fingerprint density at radius 1 is 1.21 bits per heavy atom. The maximum absolute atomic E-state index is 12.4. The topological polar surface area (TPSA) is 38.3 Å². The highest BCUT2D eigenvalue weighted by molar-refractivity contribution is 6.35. The van der Waals surface area contributed by atoms with Gasteiger partial charge in [0.15, 0.2) is 0 Å². The lowest BCUT2D eigenvalue weighted by molar-refractivity contribution is -0.110. The second kappa shape index (κ2) is 5.23. The minimum absolute atomic E-state index is 0.0330. The molecular formula is C21H21NO2. The van der Waals surface area contributed by atoms with E-state index >= 15 is 0 Å². The highest BCUT2D eigenvalue weighted by atomic mass is 16.5. The van der Waals surface area contributed by atoms with Crippen molar-refractivity contribution in [3.8, 4) is 5.75 Å². The van der Waals surface area contributed by atoms with E-state index in [0.717, 1.165) is 46.5 Å². The SMILES string of the molecule is Cc1cccc2c1/C(=C/c1ccc3c(c1)CCC(C)(C)O3)C(=O)N2. The van der Waals surface area contributed by atoms with E-state index in [2.05, 4.69) is 25.2 Å². The number of anilines is 1. The third-order valence-corrected chi connectivity index (χ3v) is 4.81. The monoisotopic (exact) mass is 319 g/mol. The molecule has 1 amide bonds. The molecule has 2 aromatic carbocycles. The first-order valence-corrected chi connectivity index (χ1v) is 8.38. The number of nitrogens with one attached hydrogen (secondary N) is 1. The van der Waals surface area contributed by atoms with Crippen molar-refractivity contribution in [3.63, 3.8) is 0 Å². The molecule has 2 aromatic rings. The van der Waals surface area contributed by atoms with Crippen molar-refractivity contribution in [2.45, 2.75) is 39.2 Å². The molecule has 4 rings (SSSR count). The number of hydrogen-bond acceptors (Lipinski definition) is 2. The Morgan fingerprint density at radius 2 is 2.04 bits per heavy atom. The van der Waals surface area contributed by atoms with Crippen LogP contribution in [0.3, 0.4) is 0 Å². The molecule has 122 valence electrons. The Bertz CT molecular complexity index is 877. The number of rotatable bonds is 1. The van der Waals surface area contributed by atoms with Crippen LogP contribution in [-0.2, 0) is 11.2 Å². The summed E-state index contributed by atoms with van der Waals surface area (Å²) in [5.74, 6) is 0.926. The molecule has 24 heavy (non-hydrogen) atoms. The molecule has 0 bridgehead atoms. The first-order valence-electron chi connectivity index (χ1n) is 8.38. The van der Waals surface area contributed by atoms with Gasteiger partial charge in [-0.05, 0) is 74.6 Å². The third kappa shape index (κ3) is 2.50. The van der Waals surface area contributed by atoms with Crippen LogP contribution < -0.4 is 10.1 Å². The molecule has 0 saturated heterocycles. The van der Waals surface area contributed by atoms with Gasteiger partial charge in [-0.1, -0.05) is 18.2 Å². The van der Waals surface area contributed by atoms with Crippen LogP contribution in [0, 0.1) is 6.92 Å². The Morgan fingerprint density at radius 3 is 2.88 bits per heavy atom. The zero-order valence-electron chi connectivity index (χ0n) is 14.3. The van der Waals surface area contributed by atoms with Crippen LogP contribution in [0.1, 0.15) is 42.5 Å². The van der Waals surface area contributed by atoms with E-state index < -0.39 is 0 Å². The van der Waals surface area contributed by atoms with Crippen molar-refractivity contribution in [1.82, 2.24) is 0 Å². The van der Waals surface area contributed by atoms with Gasteiger partial charge in [-0.15, -0.1) is 0 Å². The molecule has 0 fully saturated rings. The van der Waals surface area contributed by atoms with E-state index in [9.17, 15) is 4.79 Å². The summed E-state index contributed by atoms with van der Waals surface area (Å²) in [5, 5.41) is 2.95. The predicted octanol–water partition coefficient (Wildman–Crippen LogP) is 4.59. The Labute approximate surface area is 142 Å². The van der Waals surface area contributed by atoms with Crippen molar-refractivity contribution in [1.29, 1.82) is 0 Å². The van der Waals surface area contributed by atoms with E-state index in [1.165, 1.54) is 5.56 Å². The van der Waals surface area contributed by atoms with Gasteiger partial charge in [0.1, 0.15) is 11.4 Å². The second-order valence-corrected chi connectivity index (χ2v) is 7.24. The lowest BCUT2D eigenvalue weighted by Gasteiger charge is -2.32. The Balaban J connectivity index is 1.74. The Hall–Kier alpha value is -2.55. The summed E-state index contributed by atoms with van der Waals surface area (Å²) in [7, 11) is 0. The maximum Gasteiger partial charge on any atom is 0.256 e. The van der Waals surface area contributed by atoms with Crippen molar-refractivity contribution in [3.05, 3.63) is 58.7 Å². The summed E-state index contributed by atoms with van der Waals surface area (Å²) in [4.78, 5) is 12.4. The summed E-state index contributed by atoms with van der Waals surface area (Å²) >= 11 is 0. The number of hydrogen-bond donors (Lipinski definition) is 1. The molecule has 2 aliphatic heterocycles. The number of benzene rings is 2.